The van der Waals surface area contributed by atoms with Crippen LogP contribution in [0.15, 0.2) is 36.4 Å². The van der Waals surface area contributed by atoms with Crippen LogP contribution in [0.2, 0.25) is 0 Å². The lowest BCUT2D eigenvalue weighted by molar-refractivity contribution is -0.136. The van der Waals surface area contributed by atoms with Crippen LogP contribution < -0.4 is 4.74 Å². The van der Waals surface area contributed by atoms with Crippen LogP contribution in [0, 0.1) is 0 Å². The minimum Gasteiger partial charge on any atom is -0.493 e. The van der Waals surface area contributed by atoms with Crippen molar-refractivity contribution in [3.63, 3.8) is 0 Å². The highest BCUT2D eigenvalue weighted by Crippen LogP contribution is 2.32. The van der Waals surface area contributed by atoms with Gasteiger partial charge in [-0.1, -0.05) is 50.1 Å². The van der Waals surface area contributed by atoms with E-state index in [1.807, 2.05) is 36.4 Å². The fourth-order valence-electron chi connectivity index (χ4n) is 2.23. The summed E-state index contributed by atoms with van der Waals surface area (Å²) in [5, 5.41) is 8.93. The van der Waals surface area contributed by atoms with Crippen LogP contribution in [0.4, 0.5) is 0 Å². The Morgan fingerprint density at radius 1 is 1.20 bits per heavy atom. The van der Waals surface area contributed by atoms with E-state index in [0.717, 1.165) is 41.7 Å². The van der Waals surface area contributed by atoms with Crippen molar-refractivity contribution < 1.29 is 14.6 Å². The second kappa shape index (κ2) is 6.94. The maximum atomic E-state index is 10.9. The van der Waals surface area contributed by atoms with E-state index in [-0.39, 0.29) is 6.42 Å². The molecule has 0 aromatic rings. The maximum absolute atomic E-state index is 10.9. The fourth-order valence-corrected chi connectivity index (χ4v) is 2.23. The molecule has 0 aromatic carbocycles. The van der Waals surface area contributed by atoms with Gasteiger partial charge in [0.05, 0.1) is 13.0 Å². The average molecular weight is 272 g/mol. The molecule has 0 unspecified atom stereocenters. The first-order chi connectivity index (χ1) is 9.70. The van der Waals surface area contributed by atoms with Crippen LogP contribution in [0.25, 0.3) is 11.1 Å². The van der Waals surface area contributed by atoms with E-state index < -0.39 is 5.97 Å². The van der Waals surface area contributed by atoms with Gasteiger partial charge in [-0.05, 0) is 23.6 Å². The zero-order chi connectivity index (χ0) is 14.4. The van der Waals surface area contributed by atoms with Crippen LogP contribution in [0.5, 0.6) is 5.75 Å². The Morgan fingerprint density at radius 2 is 2.05 bits per heavy atom. The molecule has 3 heteroatoms. The minimum atomic E-state index is -0.826. The summed E-state index contributed by atoms with van der Waals surface area (Å²) in [4.78, 5) is 10.9. The lowest BCUT2D eigenvalue weighted by atomic mass is 10.2. The highest BCUT2D eigenvalue weighted by Gasteiger charge is 2.10. The Labute approximate surface area is 119 Å². The zero-order valence-corrected chi connectivity index (χ0v) is 11.8. The Hall–Kier alpha value is -2.03. The number of carbonyl (C=O) groups is 1. The van der Waals surface area contributed by atoms with E-state index >= 15 is 0 Å². The van der Waals surface area contributed by atoms with E-state index in [2.05, 4.69) is 6.92 Å². The lowest BCUT2D eigenvalue weighted by Crippen LogP contribution is -2.00. The molecular formula is C17H20O3. The van der Waals surface area contributed by atoms with Gasteiger partial charge in [-0.25, -0.2) is 0 Å². The van der Waals surface area contributed by atoms with E-state index in [0.29, 0.717) is 6.61 Å². The van der Waals surface area contributed by atoms with Gasteiger partial charge in [0.15, 0.2) is 0 Å². The quantitative estimate of drug-likeness (QED) is 0.775. The molecule has 0 aromatic heterocycles. The first-order valence-corrected chi connectivity index (χ1v) is 7.07. The summed E-state index contributed by atoms with van der Waals surface area (Å²) in [6.07, 6.45) is 3.33. The Kier molecular flexibility index (Phi) is 4.99. The van der Waals surface area contributed by atoms with Crippen molar-refractivity contribution in [2.24, 2.45) is 0 Å². The molecule has 0 fully saturated rings. The molecule has 2 aliphatic carbocycles. The molecule has 0 heterocycles. The summed E-state index contributed by atoms with van der Waals surface area (Å²) in [7, 11) is 0. The Morgan fingerprint density at radius 3 is 2.80 bits per heavy atom. The highest BCUT2D eigenvalue weighted by atomic mass is 16.5. The third-order valence-corrected chi connectivity index (χ3v) is 3.27. The number of carboxylic acids is 1. The van der Waals surface area contributed by atoms with Crippen molar-refractivity contribution in [2.75, 3.05) is 6.61 Å². The molecule has 0 spiro atoms. The van der Waals surface area contributed by atoms with E-state index in [1.165, 1.54) is 0 Å². The van der Waals surface area contributed by atoms with Crippen LogP contribution >= 0.6 is 0 Å². The van der Waals surface area contributed by atoms with Crippen molar-refractivity contribution in [1.82, 2.24) is 0 Å². The molecule has 106 valence electrons. The maximum Gasteiger partial charge on any atom is 0.307 e. The summed E-state index contributed by atoms with van der Waals surface area (Å²) < 4.78 is 5.87. The van der Waals surface area contributed by atoms with E-state index in [4.69, 9.17) is 9.84 Å². The third kappa shape index (κ3) is 3.73. The molecule has 2 rings (SSSR count). The molecule has 2 aliphatic rings. The van der Waals surface area contributed by atoms with Gasteiger partial charge in [0.1, 0.15) is 5.75 Å². The Bertz CT molecular complexity index is 548. The summed E-state index contributed by atoms with van der Waals surface area (Å²) in [5.41, 5.74) is 2.88. The molecule has 0 bridgehead atoms. The van der Waals surface area contributed by atoms with Crippen molar-refractivity contribution in [3.8, 4) is 16.9 Å². The van der Waals surface area contributed by atoms with Gasteiger partial charge in [0.2, 0.25) is 0 Å². The van der Waals surface area contributed by atoms with Gasteiger partial charge in [0.25, 0.3) is 0 Å². The molecule has 0 amide bonds. The smallest absolute Gasteiger partial charge is 0.307 e. The minimum absolute atomic E-state index is 0.0165. The number of hydrogen-bond donors (Lipinski definition) is 1. The monoisotopic (exact) mass is 272 g/mol. The number of rotatable bonds is 7. The number of hydrogen-bond acceptors (Lipinski definition) is 2. The van der Waals surface area contributed by atoms with Gasteiger partial charge >= 0.3 is 5.97 Å². The third-order valence-electron chi connectivity index (χ3n) is 3.27. The van der Waals surface area contributed by atoms with Crippen LogP contribution in [-0.4, -0.2) is 17.7 Å². The first-order valence-electron chi connectivity index (χ1n) is 7.07. The van der Waals surface area contributed by atoms with E-state index in [1.54, 1.807) is 0 Å². The number of unbranched alkanes of at least 4 members (excludes halogenated alkanes) is 2. The molecule has 0 saturated carbocycles. The molecule has 0 atom stereocenters. The lowest BCUT2D eigenvalue weighted by Gasteiger charge is -2.08. The normalized spacial score (nSPS) is 10.7. The Balaban J connectivity index is 2.23. The fraction of sp³-hybridized carbons (Fsp3) is 0.353. The van der Waals surface area contributed by atoms with Crippen LogP contribution in [0.1, 0.15) is 31.7 Å². The summed E-state index contributed by atoms with van der Waals surface area (Å²) in [6, 6.07) is 11.7. The van der Waals surface area contributed by atoms with Crippen molar-refractivity contribution in [3.05, 3.63) is 42.0 Å². The van der Waals surface area contributed by atoms with Gasteiger partial charge in [0, 0.05) is 5.56 Å². The molecule has 20 heavy (non-hydrogen) atoms. The molecule has 0 radical (unpaired) electrons. The van der Waals surface area contributed by atoms with Crippen molar-refractivity contribution in [2.45, 2.75) is 32.6 Å². The summed E-state index contributed by atoms with van der Waals surface area (Å²) >= 11 is 0. The van der Waals surface area contributed by atoms with Gasteiger partial charge < -0.3 is 9.84 Å². The molecule has 1 N–H and O–H groups in total. The largest absolute Gasteiger partial charge is 0.493 e. The molecule has 3 nitrogen and oxygen atoms in total. The molecule has 0 saturated heterocycles. The van der Waals surface area contributed by atoms with Crippen molar-refractivity contribution in [1.29, 1.82) is 0 Å². The van der Waals surface area contributed by atoms with Crippen LogP contribution in [-0.2, 0) is 11.2 Å². The second-order valence-electron chi connectivity index (χ2n) is 4.94. The van der Waals surface area contributed by atoms with Crippen molar-refractivity contribution >= 4 is 5.97 Å². The predicted octanol–water partition coefficient (Wildman–Crippen LogP) is 3.99. The van der Waals surface area contributed by atoms with E-state index in [9.17, 15) is 4.79 Å². The standard InChI is InChI=1S/C17H20O3/c1-2-3-4-10-20-16-11-13(12-17(18)19)8-9-14-6-5-7-15(14)16/h5-9,11H,2-4,10,12H2,1H3,(H,18,19). The second-order valence-corrected chi connectivity index (χ2v) is 4.94. The predicted molar refractivity (Wildman–Crippen MR) is 79.4 cm³/mol. The molecule has 0 aliphatic heterocycles. The SMILES string of the molecule is CCCCCOc1cc(CC(=O)O)ccc2cccc1-2. The summed E-state index contributed by atoms with van der Waals surface area (Å²) in [6.45, 7) is 2.83. The number of fused-ring (bicyclic) bond motifs is 1. The summed E-state index contributed by atoms with van der Waals surface area (Å²) in [5.74, 6) is -0.0461. The number of ether oxygens (including phenoxy) is 1. The number of carboxylic acid groups (broad SMARTS) is 1. The van der Waals surface area contributed by atoms with Crippen LogP contribution in [0.3, 0.4) is 0 Å². The average Bonchev–Trinajstić information content (AvgIpc) is 2.81. The highest BCUT2D eigenvalue weighted by molar-refractivity contribution is 5.75. The van der Waals surface area contributed by atoms with Gasteiger partial charge in [-0.3, -0.25) is 4.79 Å². The van der Waals surface area contributed by atoms with Gasteiger partial charge in [-0.2, -0.15) is 0 Å². The first kappa shape index (κ1) is 14.4. The molecular weight excluding hydrogens is 252 g/mol. The topological polar surface area (TPSA) is 46.5 Å². The van der Waals surface area contributed by atoms with Gasteiger partial charge in [-0.15, -0.1) is 0 Å². The number of aliphatic carboxylic acids is 1. The zero-order valence-electron chi connectivity index (χ0n) is 11.8.